The molecule has 0 amide bonds. The Morgan fingerprint density at radius 3 is 2.68 bits per heavy atom. The molecule has 7 heteroatoms. The molecule has 0 bridgehead atoms. The number of rotatable bonds is 4. The van der Waals surface area contributed by atoms with Crippen molar-refractivity contribution in [3.63, 3.8) is 0 Å². The number of nitrogens with zero attached hydrogens (tertiary/aromatic N) is 3. The van der Waals surface area contributed by atoms with E-state index in [4.69, 9.17) is 20.5 Å². The fourth-order valence-electron chi connectivity index (χ4n) is 1.93. The van der Waals surface area contributed by atoms with Gasteiger partial charge in [-0.15, -0.1) is 0 Å². The van der Waals surface area contributed by atoms with E-state index in [0.717, 1.165) is 0 Å². The van der Waals surface area contributed by atoms with Crippen molar-refractivity contribution in [1.29, 1.82) is 10.5 Å². The van der Waals surface area contributed by atoms with Gasteiger partial charge in [-0.2, -0.15) is 15.6 Å². The molecule has 0 atom stereocenters. The Morgan fingerprint density at radius 2 is 2.09 bits per heavy atom. The van der Waals surface area contributed by atoms with E-state index >= 15 is 0 Å². The molecule has 0 aliphatic rings. The first-order chi connectivity index (χ1) is 10.6. The Labute approximate surface area is 127 Å². The highest BCUT2D eigenvalue weighted by molar-refractivity contribution is 5.92. The number of anilines is 1. The van der Waals surface area contributed by atoms with Gasteiger partial charge in [0, 0.05) is 5.56 Å². The van der Waals surface area contributed by atoms with Crippen LogP contribution in [0, 0.1) is 22.7 Å². The minimum Gasteiger partial charge on any atom is -0.497 e. The quantitative estimate of drug-likeness (QED) is 0.831. The summed E-state index contributed by atoms with van der Waals surface area (Å²) in [6, 6.07) is 9.16. The third-order valence-electron chi connectivity index (χ3n) is 3.03. The van der Waals surface area contributed by atoms with Crippen molar-refractivity contribution in [3.05, 3.63) is 35.0 Å². The summed E-state index contributed by atoms with van der Waals surface area (Å²) in [5, 5.41) is 24.8. The predicted molar refractivity (Wildman–Crippen MR) is 80.7 cm³/mol. The van der Waals surface area contributed by atoms with Gasteiger partial charge in [-0.3, -0.25) is 5.10 Å². The van der Waals surface area contributed by atoms with Gasteiger partial charge in [0.05, 0.1) is 25.5 Å². The summed E-state index contributed by atoms with van der Waals surface area (Å²) in [6.45, 7) is 0. The Morgan fingerprint density at radius 1 is 1.32 bits per heavy atom. The molecule has 7 nitrogen and oxygen atoms in total. The predicted octanol–water partition coefficient (Wildman–Crippen LogP) is 1.94. The molecule has 1 heterocycles. The van der Waals surface area contributed by atoms with Crippen LogP contribution >= 0.6 is 0 Å². The van der Waals surface area contributed by atoms with Gasteiger partial charge < -0.3 is 15.2 Å². The molecule has 2 aromatic rings. The maximum Gasteiger partial charge on any atom is 0.163 e. The standard InChI is InChI=1S/C15H13N5O2/c1-21-11-3-4-13(22-2)9(6-11)5-10(7-16)14-12(8-17)15(18)20-19-14/h3-6H,1-2H3,(H3,18,19,20). The maximum absolute atomic E-state index is 9.37. The maximum atomic E-state index is 9.37. The number of H-pyrrole nitrogens is 1. The smallest absolute Gasteiger partial charge is 0.163 e. The lowest BCUT2D eigenvalue weighted by Gasteiger charge is -2.07. The molecule has 0 unspecified atom stereocenters. The Bertz CT molecular complexity index is 808. The zero-order valence-corrected chi connectivity index (χ0v) is 12.0. The van der Waals surface area contributed by atoms with E-state index < -0.39 is 0 Å². The third kappa shape index (κ3) is 2.69. The fourth-order valence-corrected chi connectivity index (χ4v) is 1.93. The molecular formula is C15H13N5O2. The highest BCUT2D eigenvalue weighted by Gasteiger charge is 2.15. The highest BCUT2D eigenvalue weighted by Crippen LogP contribution is 2.29. The molecule has 110 valence electrons. The molecule has 2 rings (SSSR count). The van der Waals surface area contributed by atoms with E-state index in [1.54, 1.807) is 31.4 Å². The summed E-state index contributed by atoms with van der Waals surface area (Å²) in [5.74, 6) is 1.24. The second-order valence-corrected chi connectivity index (χ2v) is 4.25. The summed E-state index contributed by atoms with van der Waals surface area (Å²) >= 11 is 0. The number of hydrogen-bond donors (Lipinski definition) is 2. The molecular weight excluding hydrogens is 282 g/mol. The molecule has 0 saturated carbocycles. The summed E-state index contributed by atoms with van der Waals surface area (Å²) in [4.78, 5) is 0. The topological polar surface area (TPSA) is 121 Å². The van der Waals surface area contributed by atoms with Gasteiger partial charge in [-0.1, -0.05) is 0 Å². The van der Waals surface area contributed by atoms with E-state index in [2.05, 4.69) is 10.2 Å². The zero-order valence-electron chi connectivity index (χ0n) is 12.0. The largest absolute Gasteiger partial charge is 0.497 e. The lowest BCUT2D eigenvalue weighted by molar-refractivity contribution is 0.402. The molecule has 0 aliphatic carbocycles. The fraction of sp³-hybridized carbons (Fsp3) is 0.133. The number of allylic oxidation sites excluding steroid dienone is 1. The van der Waals surface area contributed by atoms with Crippen molar-refractivity contribution in [2.24, 2.45) is 0 Å². The third-order valence-corrected chi connectivity index (χ3v) is 3.03. The number of nitrogens with two attached hydrogens (primary N) is 1. The average Bonchev–Trinajstić information content (AvgIpc) is 2.92. The molecule has 0 fully saturated rings. The first kappa shape index (κ1) is 14.9. The minimum absolute atomic E-state index is 0.0521. The number of nitrogens with one attached hydrogen (secondary N) is 1. The first-order valence-corrected chi connectivity index (χ1v) is 6.22. The molecule has 1 aromatic heterocycles. The van der Waals surface area contributed by atoms with Crippen LogP contribution < -0.4 is 15.2 Å². The Kier molecular flexibility index (Phi) is 4.30. The van der Waals surface area contributed by atoms with Crippen LogP contribution in [0.25, 0.3) is 11.6 Å². The van der Waals surface area contributed by atoms with Crippen LogP contribution in [-0.4, -0.2) is 24.4 Å². The van der Waals surface area contributed by atoms with Crippen LogP contribution in [0.4, 0.5) is 5.82 Å². The molecule has 3 N–H and O–H groups in total. The number of aromatic nitrogens is 2. The molecule has 0 aliphatic heterocycles. The number of benzene rings is 1. The van der Waals surface area contributed by atoms with Gasteiger partial charge in [0.2, 0.25) is 0 Å². The van der Waals surface area contributed by atoms with Crippen molar-refractivity contribution in [2.45, 2.75) is 0 Å². The number of nitrogen functional groups attached to an aromatic ring is 1. The van der Waals surface area contributed by atoms with Crippen LogP contribution in [0.1, 0.15) is 16.8 Å². The summed E-state index contributed by atoms with van der Waals surface area (Å²) in [7, 11) is 3.07. The van der Waals surface area contributed by atoms with Crippen molar-refractivity contribution in [2.75, 3.05) is 20.0 Å². The summed E-state index contributed by atoms with van der Waals surface area (Å²) in [6.07, 6.45) is 1.58. The van der Waals surface area contributed by atoms with Gasteiger partial charge in [0.25, 0.3) is 0 Å². The second-order valence-electron chi connectivity index (χ2n) is 4.25. The van der Waals surface area contributed by atoms with E-state index in [-0.39, 0.29) is 22.6 Å². The Balaban J connectivity index is 2.59. The van der Waals surface area contributed by atoms with Crippen molar-refractivity contribution in [3.8, 4) is 23.6 Å². The number of hydrogen-bond acceptors (Lipinski definition) is 6. The van der Waals surface area contributed by atoms with Gasteiger partial charge in [-0.25, -0.2) is 0 Å². The zero-order chi connectivity index (χ0) is 16.1. The normalized spacial score (nSPS) is 10.6. The first-order valence-electron chi connectivity index (χ1n) is 6.22. The average molecular weight is 295 g/mol. The van der Waals surface area contributed by atoms with Gasteiger partial charge in [-0.05, 0) is 24.3 Å². The van der Waals surface area contributed by atoms with Crippen LogP contribution in [-0.2, 0) is 0 Å². The van der Waals surface area contributed by atoms with Crippen molar-refractivity contribution < 1.29 is 9.47 Å². The molecule has 0 spiro atoms. The lowest BCUT2D eigenvalue weighted by Crippen LogP contribution is -1.92. The number of aromatic amines is 1. The SMILES string of the molecule is COc1ccc(OC)c(C=C(C#N)c2[nH]nc(N)c2C#N)c1. The van der Waals surface area contributed by atoms with E-state index in [0.29, 0.717) is 17.1 Å². The van der Waals surface area contributed by atoms with Crippen molar-refractivity contribution in [1.82, 2.24) is 10.2 Å². The van der Waals surface area contributed by atoms with E-state index in [1.165, 1.54) is 7.11 Å². The van der Waals surface area contributed by atoms with Crippen LogP contribution in [0.5, 0.6) is 11.5 Å². The van der Waals surface area contributed by atoms with Gasteiger partial charge in [0.1, 0.15) is 29.2 Å². The number of ether oxygens (including phenoxy) is 2. The van der Waals surface area contributed by atoms with Crippen LogP contribution in [0.15, 0.2) is 18.2 Å². The molecule has 22 heavy (non-hydrogen) atoms. The monoisotopic (exact) mass is 295 g/mol. The van der Waals surface area contributed by atoms with E-state index in [1.807, 2.05) is 12.1 Å². The van der Waals surface area contributed by atoms with Gasteiger partial charge >= 0.3 is 0 Å². The molecule has 1 aromatic carbocycles. The molecule has 0 saturated heterocycles. The minimum atomic E-state index is 0.0521. The lowest BCUT2D eigenvalue weighted by atomic mass is 10.1. The van der Waals surface area contributed by atoms with Gasteiger partial charge in [0.15, 0.2) is 5.82 Å². The number of nitriles is 2. The second kappa shape index (κ2) is 6.33. The number of methoxy groups -OCH3 is 2. The highest BCUT2D eigenvalue weighted by atomic mass is 16.5. The summed E-state index contributed by atoms with van der Waals surface area (Å²) in [5.41, 5.74) is 6.85. The molecule has 0 radical (unpaired) electrons. The Hall–Kier alpha value is -3.45. The van der Waals surface area contributed by atoms with E-state index in [9.17, 15) is 5.26 Å². The summed E-state index contributed by atoms with van der Waals surface area (Å²) < 4.78 is 10.4. The van der Waals surface area contributed by atoms with Crippen molar-refractivity contribution >= 4 is 17.5 Å². The van der Waals surface area contributed by atoms with Crippen LogP contribution in [0.3, 0.4) is 0 Å². The van der Waals surface area contributed by atoms with Crippen LogP contribution in [0.2, 0.25) is 0 Å².